The molecule has 0 spiro atoms. The summed E-state index contributed by atoms with van der Waals surface area (Å²) in [6.45, 7) is 1.88. The summed E-state index contributed by atoms with van der Waals surface area (Å²) in [5.74, 6) is -0.628. The number of hydrogen-bond donors (Lipinski definition) is 0. The number of aryl methyl sites for hydroxylation is 2. The van der Waals surface area contributed by atoms with Crippen LogP contribution in [0.25, 0.3) is 0 Å². The Morgan fingerprint density at radius 1 is 0.929 bits per heavy atom. The van der Waals surface area contributed by atoms with Crippen LogP contribution >= 0.6 is 22.9 Å². The maximum Gasteiger partial charge on any atom is 0.264 e. The molecule has 2 aromatic rings. The molecule has 1 aromatic carbocycles. The van der Waals surface area contributed by atoms with E-state index in [1.807, 2.05) is 4.90 Å². The van der Waals surface area contributed by atoms with Crippen LogP contribution in [-0.4, -0.2) is 47.8 Å². The van der Waals surface area contributed by atoms with Gasteiger partial charge in [0.2, 0.25) is 0 Å². The Morgan fingerprint density at radius 2 is 1.61 bits per heavy atom. The van der Waals surface area contributed by atoms with Crippen molar-refractivity contribution in [3.8, 4) is 0 Å². The molecule has 0 radical (unpaired) electrons. The number of nitrogens with zero attached hydrogens (tertiary/aromatic N) is 2. The fraction of sp³-hybridized carbons (Fsp3) is 0.429. The van der Waals surface area contributed by atoms with Crippen molar-refractivity contribution < 1.29 is 14.0 Å². The number of carbonyl (C=O) groups excluding carboxylic acids is 2. The van der Waals surface area contributed by atoms with Crippen molar-refractivity contribution in [3.63, 3.8) is 0 Å². The standard InChI is InChI=1S/C21H22ClFN2O2S/c22-17-13-15(23)6-7-16(17)20(26)24-8-10-25(11-9-24)21(27)19-12-14-4-2-1-3-5-18(14)28-19/h6-7,12-13H,1-5,8-11H2. The van der Waals surface area contributed by atoms with Gasteiger partial charge < -0.3 is 9.80 Å². The molecule has 1 saturated heterocycles. The highest BCUT2D eigenvalue weighted by Gasteiger charge is 2.28. The summed E-state index contributed by atoms with van der Waals surface area (Å²) in [6.07, 6.45) is 5.81. The number of amides is 2. The van der Waals surface area contributed by atoms with Gasteiger partial charge in [-0.25, -0.2) is 4.39 Å². The summed E-state index contributed by atoms with van der Waals surface area (Å²) >= 11 is 7.65. The summed E-state index contributed by atoms with van der Waals surface area (Å²) in [7, 11) is 0. The lowest BCUT2D eigenvalue weighted by Crippen LogP contribution is -2.50. The first-order chi connectivity index (χ1) is 13.5. The van der Waals surface area contributed by atoms with Gasteiger partial charge in [0, 0.05) is 31.1 Å². The number of benzene rings is 1. The minimum absolute atomic E-state index is 0.0602. The molecule has 28 heavy (non-hydrogen) atoms. The lowest BCUT2D eigenvalue weighted by atomic mass is 10.1. The monoisotopic (exact) mass is 420 g/mol. The van der Waals surface area contributed by atoms with E-state index in [1.54, 1.807) is 16.2 Å². The van der Waals surface area contributed by atoms with Crippen LogP contribution in [0.5, 0.6) is 0 Å². The predicted octanol–water partition coefficient (Wildman–Crippen LogP) is 4.41. The molecule has 2 amide bonds. The third-order valence-electron chi connectivity index (χ3n) is 5.47. The van der Waals surface area contributed by atoms with Crippen LogP contribution < -0.4 is 0 Å². The van der Waals surface area contributed by atoms with Gasteiger partial charge in [-0.05, 0) is 55.5 Å². The molecule has 0 unspecified atom stereocenters. The van der Waals surface area contributed by atoms with Crippen molar-refractivity contribution in [2.45, 2.75) is 32.1 Å². The zero-order valence-corrected chi connectivity index (χ0v) is 17.1. The highest BCUT2D eigenvalue weighted by Crippen LogP contribution is 2.30. The molecule has 148 valence electrons. The van der Waals surface area contributed by atoms with Crippen molar-refractivity contribution in [3.05, 3.63) is 56.0 Å². The third-order valence-corrected chi connectivity index (χ3v) is 7.01. The Hall–Kier alpha value is -1.92. The third kappa shape index (κ3) is 3.94. The molecule has 1 aliphatic carbocycles. The van der Waals surface area contributed by atoms with E-state index < -0.39 is 5.82 Å². The Balaban J connectivity index is 1.40. The fourth-order valence-electron chi connectivity index (χ4n) is 3.87. The highest BCUT2D eigenvalue weighted by atomic mass is 35.5. The van der Waals surface area contributed by atoms with Gasteiger partial charge in [-0.3, -0.25) is 9.59 Å². The predicted molar refractivity (Wildman–Crippen MR) is 109 cm³/mol. The van der Waals surface area contributed by atoms with Crippen LogP contribution in [-0.2, 0) is 12.8 Å². The van der Waals surface area contributed by atoms with E-state index in [4.69, 9.17) is 11.6 Å². The smallest absolute Gasteiger partial charge is 0.264 e. The fourth-order valence-corrected chi connectivity index (χ4v) is 5.34. The number of halogens is 2. The average molecular weight is 421 g/mol. The van der Waals surface area contributed by atoms with E-state index in [-0.39, 0.29) is 16.8 Å². The molecule has 1 aromatic heterocycles. The van der Waals surface area contributed by atoms with Gasteiger partial charge >= 0.3 is 0 Å². The SMILES string of the molecule is O=C(c1cc2c(s1)CCCCC2)N1CCN(C(=O)c2ccc(F)cc2Cl)CC1. The molecule has 0 atom stereocenters. The van der Waals surface area contributed by atoms with Gasteiger partial charge in [0.25, 0.3) is 11.8 Å². The number of piperazine rings is 1. The van der Waals surface area contributed by atoms with Crippen LogP contribution in [0.1, 0.15) is 49.7 Å². The minimum atomic E-state index is -0.466. The van der Waals surface area contributed by atoms with Gasteiger partial charge in [-0.2, -0.15) is 0 Å². The number of hydrogen-bond acceptors (Lipinski definition) is 3. The molecule has 4 rings (SSSR count). The van der Waals surface area contributed by atoms with Crippen molar-refractivity contribution in [2.24, 2.45) is 0 Å². The van der Waals surface area contributed by atoms with E-state index in [0.717, 1.165) is 23.8 Å². The Bertz CT molecular complexity index is 882. The molecule has 4 nitrogen and oxygen atoms in total. The number of rotatable bonds is 2. The quantitative estimate of drug-likeness (QED) is 0.675. The molecule has 1 fully saturated rings. The van der Waals surface area contributed by atoms with Crippen LogP contribution in [0.15, 0.2) is 24.3 Å². The van der Waals surface area contributed by atoms with E-state index >= 15 is 0 Å². The molecule has 7 heteroatoms. The molecule has 0 bridgehead atoms. The zero-order valence-electron chi connectivity index (χ0n) is 15.5. The minimum Gasteiger partial charge on any atom is -0.335 e. The lowest BCUT2D eigenvalue weighted by Gasteiger charge is -2.34. The Morgan fingerprint density at radius 3 is 2.32 bits per heavy atom. The largest absolute Gasteiger partial charge is 0.335 e. The van der Waals surface area contributed by atoms with Gasteiger partial charge in [-0.1, -0.05) is 18.0 Å². The van der Waals surface area contributed by atoms with Gasteiger partial charge in [0.1, 0.15) is 5.82 Å². The van der Waals surface area contributed by atoms with Gasteiger partial charge in [0.05, 0.1) is 15.5 Å². The second kappa shape index (κ2) is 8.21. The van der Waals surface area contributed by atoms with Crippen molar-refractivity contribution >= 4 is 34.8 Å². The van der Waals surface area contributed by atoms with Crippen LogP contribution in [0, 0.1) is 5.82 Å². The summed E-state index contributed by atoms with van der Waals surface area (Å²) < 4.78 is 13.2. The molecule has 2 aliphatic rings. The maximum atomic E-state index is 13.2. The van der Waals surface area contributed by atoms with E-state index in [0.29, 0.717) is 31.7 Å². The summed E-state index contributed by atoms with van der Waals surface area (Å²) in [4.78, 5) is 31.2. The number of carbonyl (C=O) groups is 2. The van der Waals surface area contributed by atoms with E-state index in [1.165, 1.54) is 41.8 Å². The maximum absolute atomic E-state index is 13.2. The van der Waals surface area contributed by atoms with Gasteiger partial charge in [0.15, 0.2) is 0 Å². The first-order valence-corrected chi connectivity index (χ1v) is 10.9. The average Bonchev–Trinajstić information content (AvgIpc) is 2.97. The second-order valence-electron chi connectivity index (χ2n) is 7.33. The molecular weight excluding hydrogens is 399 g/mol. The first kappa shape index (κ1) is 19.4. The topological polar surface area (TPSA) is 40.6 Å². The lowest BCUT2D eigenvalue weighted by molar-refractivity contribution is 0.0538. The van der Waals surface area contributed by atoms with Crippen LogP contribution in [0.4, 0.5) is 4.39 Å². The van der Waals surface area contributed by atoms with Gasteiger partial charge in [-0.15, -0.1) is 11.3 Å². The van der Waals surface area contributed by atoms with E-state index in [2.05, 4.69) is 6.07 Å². The van der Waals surface area contributed by atoms with E-state index in [9.17, 15) is 14.0 Å². The second-order valence-corrected chi connectivity index (χ2v) is 8.87. The van der Waals surface area contributed by atoms with Crippen molar-refractivity contribution in [2.75, 3.05) is 26.2 Å². The van der Waals surface area contributed by atoms with Crippen LogP contribution in [0.3, 0.4) is 0 Å². The normalized spacial score (nSPS) is 17.2. The number of fused-ring (bicyclic) bond motifs is 1. The highest BCUT2D eigenvalue weighted by molar-refractivity contribution is 7.14. The molecular formula is C21H22ClFN2O2S. The number of thiophene rings is 1. The summed E-state index contributed by atoms with van der Waals surface area (Å²) in [5, 5.41) is 0.114. The first-order valence-electron chi connectivity index (χ1n) is 9.68. The van der Waals surface area contributed by atoms with Crippen molar-refractivity contribution in [1.82, 2.24) is 9.80 Å². The molecule has 2 heterocycles. The molecule has 0 N–H and O–H groups in total. The summed E-state index contributed by atoms with van der Waals surface area (Å²) in [6, 6.07) is 5.87. The van der Waals surface area contributed by atoms with Crippen molar-refractivity contribution in [1.29, 1.82) is 0 Å². The molecule has 0 saturated carbocycles. The van der Waals surface area contributed by atoms with Crippen LogP contribution in [0.2, 0.25) is 5.02 Å². The summed E-state index contributed by atoms with van der Waals surface area (Å²) in [5.41, 5.74) is 1.63. The Kier molecular flexibility index (Phi) is 5.69. The zero-order chi connectivity index (χ0) is 19.7. The Labute approximate surface area is 172 Å². The molecule has 1 aliphatic heterocycles.